The molecular weight excluding hydrogens is 556 g/mol. The first-order chi connectivity index (χ1) is 18.8. The van der Waals surface area contributed by atoms with Crippen LogP contribution in [0.1, 0.15) is 25.0 Å². The molecule has 3 aromatic rings. The van der Waals surface area contributed by atoms with E-state index in [9.17, 15) is 9.59 Å². The van der Waals surface area contributed by atoms with Crippen LogP contribution in [-0.2, 0) is 9.59 Å². The normalized spacial score (nSPS) is 14.1. The molecule has 1 aliphatic rings. The summed E-state index contributed by atoms with van der Waals surface area (Å²) in [5.41, 5.74) is 2.92. The van der Waals surface area contributed by atoms with Crippen LogP contribution in [0.15, 0.2) is 65.6 Å². The topological polar surface area (TPSA) is 77.1 Å². The van der Waals surface area contributed by atoms with Crippen molar-refractivity contribution in [2.45, 2.75) is 20.8 Å². The Hall–Kier alpha value is -3.53. The lowest BCUT2D eigenvalue weighted by Gasteiger charge is -2.15. The second kappa shape index (κ2) is 13.0. The van der Waals surface area contributed by atoms with Crippen LogP contribution in [0.3, 0.4) is 0 Å². The average molecular weight is 583 g/mol. The maximum Gasteiger partial charge on any atom is 0.270 e. The summed E-state index contributed by atoms with van der Waals surface area (Å²) in [4.78, 5) is 27.7. The number of carbonyl (C=O) groups is 2. The van der Waals surface area contributed by atoms with Crippen molar-refractivity contribution in [1.82, 2.24) is 0 Å². The second-order valence-electron chi connectivity index (χ2n) is 8.38. The quantitative estimate of drug-likeness (QED) is 0.206. The molecule has 39 heavy (non-hydrogen) atoms. The number of hydrogen-bond acceptors (Lipinski definition) is 7. The molecule has 202 valence electrons. The van der Waals surface area contributed by atoms with Gasteiger partial charge in [0.15, 0.2) is 22.4 Å². The number of carbonyl (C=O) groups excluding carboxylic acids is 2. The fraction of sp³-hybridized carbons (Fsp3) is 0.207. The minimum Gasteiger partial charge on any atom is -0.494 e. The molecule has 3 aromatic carbocycles. The van der Waals surface area contributed by atoms with Crippen molar-refractivity contribution in [1.29, 1.82) is 0 Å². The van der Waals surface area contributed by atoms with Gasteiger partial charge < -0.3 is 19.5 Å². The molecule has 0 aliphatic carbocycles. The molecule has 4 rings (SSSR count). The van der Waals surface area contributed by atoms with Gasteiger partial charge in [0.25, 0.3) is 11.8 Å². The number of nitrogens with zero attached hydrogens (tertiary/aromatic N) is 1. The number of thioether (sulfide) groups is 1. The summed E-state index contributed by atoms with van der Waals surface area (Å²) in [7, 11) is 0. The number of hydrogen-bond donors (Lipinski definition) is 1. The lowest BCUT2D eigenvalue weighted by molar-refractivity contribution is -0.118. The SMILES string of the molecule is CCOc1ccc(N2C(=O)/C(=C/c3ccc(OCC(=O)Nc4cc(Cl)ccc4C)c(OCC)c3)SC2=S)cc1. The van der Waals surface area contributed by atoms with E-state index in [2.05, 4.69) is 5.32 Å². The minimum absolute atomic E-state index is 0.208. The summed E-state index contributed by atoms with van der Waals surface area (Å²) >= 11 is 12.8. The van der Waals surface area contributed by atoms with Gasteiger partial charge in [-0.05, 0) is 86.5 Å². The van der Waals surface area contributed by atoms with Gasteiger partial charge in [0.1, 0.15) is 5.75 Å². The van der Waals surface area contributed by atoms with Crippen molar-refractivity contribution >= 4 is 69.2 Å². The maximum absolute atomic E-state index is 13.2. The van der Waals surface area contributed by atoms with Crippen LogP contribution in [-0.4, -0.2) is 36.0 Å². The summed E-state index contributed by atoms with van der Waals surface area (Å²) in [6, 6.07) is 17.8. The number of benzene rings is 3. The van der Waals surface area contributed by atoms with Gasteiger partial charge in [-0.25, -0.2) is 0 Å². The van der Waals surface area contributed by atoms with Crippen molar-refractivity contribution in [2.24, 2.45) is 0 Å². The van der Waals surface area contributed by atoms with Gasteiger partial charge in [0.2, 0.25) is 0 Å². The van der Waals surface area contributed by atoms with Crippen molar-refractivity contribution in [3.8, 4) is 17.2 Å². The second-order valence-corrected chi connectivity index (χ2v) is 10.5. The van der Waals surface area contributed by atoms with Crippen molar-refractivity contribution in [3.05, 3.63) is 81.7 Å². The Balaban J connectivity index is 1.46. The number of anilines is 2. The first-order valence-electron chi connectivity index (χ1n) is 12.3. The zero-order chi connectivity index (χ0) is 27.9. The van der Waals surface area contributed by atoms with Crippen LogP contribution in [0.25, 0.3) is 6.08 Å². The maximum atomic E-state index is 13.2. The molecule has 1 saturated heterocycles. The van der Waals surface area contributed by atoms with E-state index in [-0.39, 0.29) is 18.4 Å². The van der Waals surface area contributed by atoms with Gasteiger partial charge in [0, 0.05) is 10.7 Å². The highest BCUT2D eigenvalue weighted by Crippen LogP contribution is 2.37. The predicted octanol–water partition coefficient (Wildman–Crippen LogP) is 6.87. The lowest BCUT2D eigenvalue weighted by Crippen LogP contribution is -2.27. The van der Waals surface area contributed by atoms with Crippen molar-refractivity contribution < 1.29 is 23.8 Å². The van der Waals surface area contributed by atoms with Crippen molar-refractivity contribution in [3.63, 3.8) is 0 Å². The smallest absolute Gasteiger partial charge is 0.270 e. The highest BCUT2D eigenvalue weighted by Gasteiger charge is 2.33. The molecule has 10 heteroatoms. The lowest BCUT2D eigenvalue weighted by atomic mass is 10.1. The van der Waals surface area contributed by atoms with Gasteiger partial charge in [-0.1, -0.05) is 47.7 Å². The molecule has 1 aliphatic heterocycles. The molecule has 2 amide bonds. The third kappa shape index (κ3) is 7.11. The van der Waals surface area contributed by atoms with Gasteiger partial charge in [-0.15, -0.1) is 0 Å². The molecule has 1 fully saturated rings. The van der Waals surface area contributed by atoms with E-state index >= 15 is 0 Å². The van der Waals surface area contributed by atoms with Gasteiger partial charge in [-0.2, -0.15) is 0 Å². The molecule has 0 spiro atoms. The fourth-order valence-corrected chi connectivity index (χ4v) is 5.23. The monoisotopic (exact) mass is 582 g/mol. The van der Waals surface area contributed by atoms with Gasteiger partial charge in [-0.3, -0.25) is 14.5 Å². The van der Waals surface area contributed by atoms with Crippen LogP contribution in [0.2, 0.25) is 5.02 Å². The Morgan fingerprint density at radius 3 is 2.46 bits per heavy atom. The summed E-state index contributed by atoms with van der Waals surface area (Å²) in [5, 5.41) is 3.34. The van der Waals surface area contributed by atoms with E-state index in [1.54, 1.807) is 36.4 Å². The standard InChI is InChI=1S/C29H27ClN2O5S2/c1-4-35-22-11-9-21(10-12-22)32-28(34)26(39-29(32)38)15-19-7-13-24(25(14-19)36-5-2)37-17-27(33)31-23-16-20(30)8-6-18(23)3/h6-16H,4-5,17H2,1-3H3,(H,31,33)/b26-15-. The first-order valence-corrected chi connectivity index (χ1v) is 13.9. The number of nitrogens with one attached hydrogen (secondary N) is 1. The van der Waals surface area contributed by atoms with Gasteiger partial charge in [0.05, 0.1) is 23.8 Å². The molecule has 0 bridgehead atoms. The van der Waals surface area contributed by atoms with Crippen molar-refractivity contribution in [2.75, 3.05) is 30.0 Å². The van der Waals surface area contributed by atoms with Gasteiger partial charge >= 0.3 is 0 Å². The van der Waals surface area contributed by atoms with E-state index in [4.69, 9.17) is 38.0 Å². The number of halogens is 1. The fourth-order valence-electron chi connectivity index (χ4n) is 3.76. The molecule has 0 unspecified atom stereocenters. The number of rotatable bonds is 10. The highest BCUT2D eigenvalue weighted by atomic mass is 35.5. The molecule has 0 radical (unpaired) electrons. The summed E-state index contributed by atoms with van der Waals surface area (Å²) in [6.07, 6.45) is 1.76. The van der Waals surface area contributed by atoms with E-state index in [0.717, 1.165) is 16.9 Å². The molecular formula is C29H27ClN2O5S2. The first kappa shape index (κ1) is 28.5. The van der Waals surface area contributed by atoms with Crippen LogP contribution >= 0.6 is 35.6 Å². The summed E-state index contributed by atoms with van der Waals surface area (Å²) in [6.45, 7) is 6.39. The van der Waals surface area contributed by atoms with E-state index in [0.29, 0.717) is 50.3 Å². The highest BCUT2D eigenvalue weighted by molar-refractivity contribution is 8.27. The van der Waals surface area contributed by atoms with E-state index < -0.39 is 0 Å². The number of thiocarbonyl (C=S) groups is 1. The minimum atomic E-state index is -0.329. The van der Waals surface area contributed by atoms with E-state index in [1.807, 2.05) is 51.1 Å². The Kier molecular flexibility index (Phi) is 9.50. The average Bonchev–Trinajstić information content (AvgIpc) is 3.19. The zero-order valence-electron chi connectivity index (χ0n) is 21.7. The zero-order valence-corrected chi connectivity index (χ0v) is 24.0. The summed E-state index contributed by atoms with van der Waals surface area (Å²) in [5.74, 6) is 1.06. The molecule has 0 atom stereocenters. The molecule has 0 aromatic heterocycles. The molecule has 1 heterocycles. The number of aryl methyl sites for hydroxylation is 1. The largest absolute Gasteiger partial charge is 0.494 e. The third-order valence-electron chi connectivity index (χ3n) is 5.60. The number of ether oxygens (including phenoxy) is 3. The van der Waals surface area contributed by atoms with Crippen LogP contribution in [0.4, 0.5) is 11.4 Å². The molecule has 1 N–H and O–H groups in total. The van der Waals surface area contributed by atoms with Crippen LogP contribution < -0.4 is 24.4 Å². The Labute approximate surface area is 242 Å². The Morgan fingerprint density at radius 2 is 1.74 bits per heavy atom. The van der Waals surface area contributed by atoms with Crippen LogP contribution in [0.5, 0.6) is 17.2 Å². The Morgan fingerprint density at radius 1 is 1.00 bits per heavy atom. The number of amides is 2. The molecule has 7 nitrogen and oxygen atoms in total. The third-order valence-corrected chi connectivity index (χ3v) is 7.13. The molecule has 0 saturated carbocycles. The predicted molar refractivity (Wildman–Crippen MR) is 161 cm³/mol. The van der Waals surface area contributed by atoms with E-state index in [1.165, 1.54) is 16.7 Å². The Bertz CT molecular complexity index is 1430. The van der Waals surface area contributed by atoms with Crippen LogP contribution in [0, 0.1) is 6.92 Å². The summed E-state index contributed by atoms with van der Waals surface area (Å²) < 4.78 is 17.4.